The van der Waals surface area contributed by atoms with Crippen LogP contribution in [0.1, 0.15) is 55.6 Å². The lowest BCUT2D eigenvalue weighted by atomic mass is 9.85. The molecule has 0 aliphatic heterocycles. The minimum absolute atomic E-state index is 0.335. The van der Waals surface area contributed by atoms with Crippen molar-refractivity contribution in [3.63, 3.8) is 0 Å². The summed E-state index contributed by atoms with van der Waals surface area (Å²) in [4.78, 5) is 0. The van der Waals surface area contributed by atoms with Gasteiger partial charge in [0, 0.05) is 0 Å². The normalized spacial score (nSPS) is 11.1. The Balaban J connectivity index is 0.932. The third kappa shape index (κ3) is 9.49. The number of hydrogen-bond acceptors (Lipinski definition) is 2. The largest absolute Gasteiger partial charge is 0.192 e. The molecule has 0 bridgehead atoms. The summed E-state index contributed by atoms with van der Waals surface area (Å²) in [6.07, 6.45) is 0. The zero-order valence-corrected chi connectivity index (χ0v) is 38.5. The molecule has 0 fully saturated rings. The molecule has 10 rings (SSSR count). The van der Waals surface area contributed by atoms with E-state index < -0.39 is 0 Å². The quantitative estimate of drug-likeness (QED) is 0.0906. The van der Waals surface area contributed by atoms with Crippen LogP contribution < -0.4 is 0 Å². The molecule has 0 aromatic heterocycles. The lowest BCUT2D eigenvalue weighted by Crippen LogP contribution is -1.97. The SMILES string of the molecule is N#C/C(=C(/C#N)c1ccc(-c2ccc(C(=C(c3ccccc3)c3ccccc3)c3ccccc3)cc2)cc1)c1ccc(-c2ccc(C(=C(c3ccccc3)c3ccccc3)c3ccccc3)cc2)cc1. The average molecular weight is 891 g/mol. The van der Waals surface area contributed by atoms with Crippen molar-refractivity contribution in [3.05, 3.63) is 335 Å². The number of rotatable bonds is 12. The van der Waals surface area contributed by atoms with Gasteiger partial charge in [0.2, 0.25) is 0 Å². The molecule has 0 amide bonds. The van der Waals surface area contributed by atoms with E-state index in [1.54, 1.807) is 0 Å². The monoisotopic (exact) mass is 890 g/mol. The summed E-state index contributed by atoms with van der Waals surface area (Å²) in [5.74, 6) is 0. The molecule has 0 atom stereocenters. The lowest BCUT2D eigenvalue weighted by molar-refractivity contribution is 1.48. The highest BCUT2D eigenvalue weighted by molar-refractivity contribution is 6.06. The minimum Gasteiger partial charge on any atom is -0.192 e. The maximum Gasteiger partial charge on any atom is 0.101 e. The van der Waals surface area contributed by atoms with Crippen molar-refractivity contribution in [2.45, 2.75) is 0 Å². The Hall–Kier alpha value is -9.60. The van der Waals surface area contributed by atoms with E-state index in [2.05, 4.69) is 243 Å². The molecule has 328 valence electrons. The first-order valence-electron chi connectivity index (χ1n) is 23.4. The van der Waals surface area contributed by atoms with E-state index in [-0.39, 0.29) is 0 Å². The van der Waals surface area contributed by atoms with E-state index >= 15 is 0 Å². The molecular formula is C68H46N2. The Bertz CT molecular complexity index is 3220. The molecule has 2 heteroatoms. The molecule has 0 saturated heterocycles. The van der Waals surface area contributed by atoms with Gasteiger partial charge in [-0.1, -0.05) is 279 Å². The summed E-state index contributed by atoms with van der Waals surface area (Å²) < 4.78 is 0. The van der Waals surface area contributed by atoms with Gasteiger partial charge >= 0.3 is 0 Å². The molecule has 0 radical (unpaired) electrons. The van der Waals surface area contributed by atoms with Crippen molar-refractivity contribution in [2.75, 3.05) is 0 Å². The van der Waals surface area contributed by atoms with Crippen molar-refractivity contribution in [2.24, 2.45) is 0 Å². The number of nitriles is 2. The van der Waals surface area contributed by atoms with Crippen LogP contribution in [0.3, 0.4) is 0 Å². The fourth-order valence-electron chi connectivity index (χ4n) is 9.30. The topological polar surface area (TPSA) is 47.6 Å². The molecule has 2 nitrogen and oxygen atoms in total. The first-order chi connectivity index (χ1) is 34.7. The van der Waals surface area contributed by atoms with Crippen molar-refractivity contribution < 1.29 is 0 Å². The summed E-state index contributed by atoms with van der Waals surface area (Å²) in [6.45, 7) is 0. The van der Waals surface area contributed by atoms with Crippen LogP contribution in [0, 0.1) is 22.7 Å². The van der Waals surface area contributed by atoms with E-state index in [1.165, 1.54) is 11.1 Å². The van der Waals surface area contributed by atoms with E-state index in [0.29, 0.717) is 22.3 Å². The standard InChI is InChI=1S/C68H46N2/c69-47-63(53-39-31-49(32-40-53)51-35-43-61(44-36-51)67(59-27-15-5-16-28-59)65(55-19-7-1-8-20-55)56-21-9-2-10-22-56)64(48-70)54-41-33-50(34-42-54)52-37-45-62(46-38-52)68(60-29-17-6-18-30-60)66(57-23-11-3-12-24-57)58-25-13-4-14-26-58/h1-46H/b64-63+. The molecule has 70 heavy (non-hydrogen) atoms. The summed E-state index contributed by atoms with van der Waals surface area (Å²) >= 11 is 0. The molecule has 10 aromatic rings. The zero-order chi connectivity index (χ0) is 47.5. The van der Waals surface area contributed by atoms with Gasteiger partial charge in [-0.3, -0.25) is 0 Å². The summed E-state index contributed by atoms with van der Waals surface area (Å²) in [5, 5.41) is 21.0. The van der Waals surface area contributed by atoms with Gasteiger partial charge in [0.05, 0.1) is 11.1 Å². The van der Waals surface area contributed by atoms with Crippen LogP contribution in [0.25, 0.3) is 55.7 Å². The third-order valence-corrected chi connectivity index (χ3v) is 12.7. The number of allylic oxidation sites excluding steroid dienone is 2. The van der Waals surface area contributed by atoms with E-state index in [9.17, 15) is 10.5 Å². The second kappa shape index (κ2) is 20.9. The number of nitrogens with zero attached hydrogens (tertiary/aromatic N) is 2. The molecule has 10 aromatic carbocycles. The van der Waals surface area contributed by atoms with E-state index in [1.807, 2.05) is 48.5 Å². The van der Waals surface area contributed by atoms with Crippen LogP contribution in [0.5, 0.6) is 0 Å². The van der Waals surface area contributed by atoms with E-state index in [4.69, 9.17) is 0 Å². The second-order valence-corrected chi connectivity index (χ2v) is 17.0. The first-order valence-corrected chi connectivity index (χ1v) is 23.4. The predicted molar refractivity (Wildman–Crippen MR) is 290 cm³/mol. The van der Waals surface area contributed by atoms with Crippen molar-refractivity contribution in [3.8, 4) is 34.4 Å². The van der Waals surface area contributed by atoms with Crippen LogP contribution in [-0.4, -0.2) is 0 Å². The van der Waals surface area contributed by atoms with Gasteiger partial charge in [0.25, 0.3) is 0 Å². The maximum absolute atomic E-state index is 10.5. The molecule has 0 spiro atoms. The Labute approximate surface area is 411 Å². The number of hydrogen-bond donors (Lipinski definition) is 0. The van der Waals surface area contributed by atoms with Gasteiger partial charge in [-0.2, -0.15) is 10.5 Å². The summed E-state index contributed by atoms with van der Waals surface area (Å²) in [7, 11) is 0. The average Bonchev–Trinajstić information content (AvgIpc) is 3.45. The molecule has 0 aliphatic rings. The Morgan fingerprint density at radius 2 is 0.343 bits per heavy atom. The van der Waals surface area contributed by atoms with Crippen LogP contribution in [0.4, 0.5) is 0 Å². The fraction of sp³-hybridized carbons (Fsp3) is 0. The zero-order valence-electron chi connectivity index (χ0n) is 38.5. The fourth-order valence-corrected chi connectivity index (χ4v) is 9.30. The Morgan fingerprint density at radius 3 is 0.514 bits per heavy atom. The maximum atomic E-state index is 10.5. The van der Waals surface area contributed by atoms with Gasteiger partial charge in [-0.25, -0.2) is 0 Å². The lowest BCUT2D eigenvalue weighted by Gasteiger charge is -2.18. The highest BCUT2D eigenvalue weighted by Gasteiger charge is 2.19. The van der Waals surface area contributed by atoms with Crippen molar-refractivity contribution in [1.82, 2.24) is 0 Å². The molecular weight excluding hydrogens is 845 g/mol. The van der Waals surface area contributed by atoms with Gasteiger partial charge in [0.15, 0.2) is 0 Å². The molecule has 0 unspecified atom stereocenters. The molecule has 0 N–H and O–H groups in total. The molecule has 0 heterocycles. The molecule has 0 aliphatic carbocycles. The Kier molecular flexibility index (Phi) is 13.2. The third-order valence-electron chi connectivity index (χ3n) is 12.7. The second-order valence-electron chi connectivity index (χ2n) is 17.0. The summed E-state index contributed by atoms with van der Waals surface area (Å²) in [5.41, 5.74) is 19.9. The molecule has 0 saturated carbocycles. The highest BCUT2D eigenvalue weighted by Crippen LogP contribution is 2.40. The summed E-state index contributed by atoms with van der Waals surface area (Å²) in [6, 6.07) is 101. The van der Waals surface area contributed by atoms with E-state index in [0.717, 1.165) is 77.9 Å². The van der Waals surface area contributed by atoms with Gasteiger partial charge in [-0.05, 0) is 100 Å². The van der Waals surface area contributed by atoms with Crippen molar-refractivity contribution >= 4 is 33.4 Å². The number of benzene rings is 10. The van der Waals surface area contributed by atoms with Gasteiger partial charge in [0.1, 0.15) is 12.1 Å². The predicted octanol–water partition coefficient (Wildman–Crippen LogP) is 17.0. The minimum atomic E-state index is 0.335. The van der Waals surface area contributed by atoms with Crippen LogP contribution in [0.2, 0.25) is 0 Å². The Morgan fingerprint density at radius 1 is 0.186 bits per heavy atom. The van der Waals surface area contributed by atoms with Crippen LogP contribution >= 0.6 is 0 Å². The highest BCUT2D eigenvalue weighted by atomic mass is 14.3. The van der Waals surface area contributed by atoms with Gasteiger partial charge in [-0.15, -0.1) is 0 Å². The smallest absolute Gasteiger partial charge is 0.101 e. The van der Waals surface area contributed by atoms with Crippen molar-refractivity contribution in [1.29, 1.82) is 10.5 Å². The first kappa shape index (κ1) is 44.2. The van der Waals surface area contributed by atoms with Gasteiger partial charge < -0.3 is 0 Å². The van der Waals surface area contributed by atoms with Crippen LogP contribution in [0.15, 0.2) is 279 Å². The van der Waals surface area contributed by atoms with Crippen LogP contribution in [-0.2, 0) is 0 Å².